The minimum absolute atomic E-state index is 0.130. The van der Waals surface area contributed by atoms with Crippen molar-refractivity contribution < 1.29 is 14.3 Å². The molecular formula is C14H27NO3. The summed E-state index contributed by atoms with van der Waals surface area (Å²) in [6, 6.07) is 0.401. The molecule has 0 radical (unpaired) electrons. The number of hydrogen-bond acceptors (Lipinski definition) is 3. The number of amides is 1. The van der Waals surface area contributed by atoms with Gasteiger partial charge in [-0.2, -0.15) is 0 Å². The highest BCUT2D eigenvalue weighted by molar-refractivity contribution is 5.76. The van der Waals surface area contributed by atoms with Gasteiger partial charge in [-0.05, 0) is 40.5 Å². The number of carbonyl (C=O) groups is 2. The van der Waals surface area contributed by atoms with Gasteiger partial charge in [0.2, 0.25) is 5.91 Å². The molecule has 4 heteroatoms. The predicted octanol–water partition coefficient (Wildman–Crippen LogP) is 2.75. The molecule has 0 saturated carbocycles. The van der Waals surface area contributed by atoms with Crippen molar-refractivity contribution in [3.05, 3.63) is 0 Å². The van der Waals surface area contributed by atoms with Gasteiger partial charge >= 0.3 is 5.97 Å². The number of esters is 1. The fourth-order valence-corrected chi connectivity index (χ4v) is 2.17. The predicted molar refractivity (Wildman–Crippen MR) is 72.2 cm³/mol. The van der Waals surface area contributed by atoms with Gasteiger partial charge in [0.25, 0.3) is 0 Å². The fraction of sp³-hybridized carbons (Fsp3) is 0.857. The van der Waals surface area contributed by atoms with Gasteiger partial charge in [0, 0.05) is 25.4 Å². The van der Waals surface area contributed by atoms with Crippen LogP contribution < -0.4 is 0 Å². The minimum Gasteiger partial charge on any atom is -0.463 e. The highest BCUT2D eigenvalue weighted by Gasteiger charge is 2.21. The van der Waals surface area contributed by atoms with E-state index in [1.54, 1.807) is 0 Å². The molecule has 0 aliphatic rings. The topological polar surface area (TPSA) is 46.6 Å². The van der Waals surface area contributed by atoms with Crippen molar-refractivity contribution in [3.8, 4) is 0 Å². The molecule has 0 spiro atoms. The van der Waals surface area contributed by atoms with Crippen molar-refractivity contribution in [2.24, 2.45) is 0 Å². The molecule has 0 saturated heterocycles. The van der Waals surface area contributed by atoms with E-state index in [2.05, 4.69) is 0 Å². The quantitative estimate of drug-likeness (QED) is 0.659. The first-order valence-corrected chi connectivity index (χ1v) is 6.77. The molecule has 0 fully saturated rings. The average Bonchev–Trinajstić information content (AvgIpc) is 2.22. The summed E-state index contributed by atoms with van der Waals surface area (Å²) >= 11 is 0. The molecule has 0 N–H and O–H groups in total. The molecule has 1 atom stereocenters. The van der Waals surface area contributed by atoms with Crippen molar-refractivity contribution in [3.63, 3.8) is 0 Å². The lowest BCUT2D eigenvalue weighted by Gasteiger charge is -2.31. The molecule has 0 aromatic carbocycles. The molecule has 1 unspecified atom stereocenters. The molecule has 0 heterocycles. The molecule has 18 heavy (non-hydrogen) atoms. The zero-order valence-electron chi connectivity index (χ0n) is 12.5. The smallest absolute Gasteiger partial charge is 0.302 e. The van der Waals surface area contributed by atoms with Gasteiger partial charge in [0.05, 0.1) is 0 Å². The van der Waals surface area contributed by atoms with E-state index < -0.39 is 0 Å². The van der Waals surface area contributed by atoms with E-state index in [9.17, 15) is 9.59 Å². The molecule has 1 amide bonds. The molecule has 106 valence electrons. The van der Waals surface area contributed by atoms with E-state index in [0.29, 0.717) is 12.8 Å². The minimum atomic E-state index is -0.279. The third kappa shape index (κ3) is 6.03. The highest BCUT2D eigenvalue weighted by Crippen LogP contribution is 2.13. The number of ether oxygens (including phenoxy) is 1. The molecule has 0 aromatic rings. The summed E-state index contributed by atoms with van der Waals surface area (Å²) in [4.78, 5) is 24.9. The molecule has 0 aliphatic heterocycles. The van der Waals surface area contributed by atoms with Gasteiger partial charge in [-0.15, -0.1) is 0 Å². The number of rotatable bonds is 7. The van der Waals surface area contributed by atoms with Gasteiger partial charge in [0.15, 0.2) is 0 Å². The standard InChI is InChI=1S/C14H27NO3/c1-7-13(18-12(6)16)8-9-14(17)15(10(2)3)11(4)5/h10-11,13H,7-9H2,1-6H3. The summed E-state index contributed by atoms with van der Waals surface area (Å²) in [6.45, 7) is 11.4. The largest absolute Gasteiger partial charge is 0.463 e. The summed E-state index contributed by atoms with van der Waals surface area (Å²) in [6.07, 6.45) is 1.64. The van der Waals surface area contributed by atoms with E-state index in [4.69, 9.17) is 4.74 Å². The lowest BCUT2D eigenvalue weighted by Crippen LogP contribution is -2.42. The first-order valence-electron chi connectivity index (χ1n) is 6.77. The monoisotopic (exact) mass is 257 g/mol. The maximum absolute atomic E-state index is 12.1. The second-order valence-corrected chi connectivity index (χ2v) is 5.17. The normalized spacial score (nSPS) is 12.7. The van der Waals surface area contributed by atoms with Crippen LogP contribution in [0.25, 0.3) is 0 Å². The van der Waals surface area contributed by atoms with Crippen LogP contribution in [0.1, 0.15) is 60.8 Å². The van der Waals surface area contributed by atoms with Crippen LogP contribution in [0.4, 0.5) is 0 Å². The fourth-order valence-electron chi connectivity index (χ4n) is 2.17. The maximum Gasteiger partial charge on any atom is 0.302 e. The van der Waals surface area contributed by atoms with Crippen LogP contribution in [-0.4, -0.2) is 35.0 Å². The summed E-state index contributed by atoms with van der Waals surface area (Å²) in [5, 5.41) is 0. The van der Waals surface area contributed by atoms with Gasteiger partial charge in [-0.3, -0.25) is 9.59 Å². The van der Waals surface area contributed by atoms with Crippen LogP contribution in [0, 0.1) is 0 Å². The zero-order valence-corrected chi connectivity index (χ0v) is 12.5. The average molecular weight is 257 g/mol. The van der Waals surface area contributed by atoms with Crippen molar-refractivity contribution in [1.82, 2.24) is 4.90 Å². The molecule has 0 aromatic heterocycles. The van der Waals surface area contributed by atoms with Gasteiger partial charge in [-0.25, -0.2) is 0 Å². The highest BCUT2D eigenvalue weighted by atomic mass is 16.5. The van der Waals surface area contributed by atoms with Crippen LogP contribution in [0.3, 0.4) is 0 Å². The summed E-state index contributed by atoms with van der Waals surface area (Å²) in [5.74, 6) is -0.149. The summed E-state index contributed by atoms with van der Waals surface area (Å²) in [5.41, 5.74) is 0. The second-order valence-electron chi connectivity index (χ2n) is 5.17. The van der Waals surface area contributed by atoms with Crippen LogP contribution in [-0.2, 0) is 14.3 Å². The Kier molecular flexibility index (Phi) is 7.64. The summed E-state index contributed by atoms with van der Waals surface area (Å²) < 4.78 is 5.14. The third-order valence-electron chi connectivity index (χ3n) is 2.87. The van der Waals surface area contributed by atoms with Gasteiger partial charge in [0.1, 0.15) is 6.10 Å². The van der Waals surface area contributed by atoms with E-state index in [-0.39, 0.29) is 30.1 Å². The number of hydrogen-bond donors (Lipinski definition) is 0. The zero-order chi connectivity index (χ0) is 14.3. The van der Waals surface area contributed by atoms with E-state index in [1.165, 1.54) is 6.92 Å². The Morgan fingerprint density at radius 3 is 1.94 bits per heavy atom. The van der Waals surface area contributed by atoms with Crippen molar-refractivity contribution >= 4 is 11.9 Å². The van der Waals surface area contributed by atoms with Crippen LogP contribution >= 0.6 is 0 Å². The second kappa shape index (κ2) is 8.11. The maximum atomic E-state index is 12.1. The first-order chi connectivity index (χ1) is 8.29. The lowest BCUT2D eigenvalue weighted by molar-refractivity contribution is -0.148. The van der Waals surface area contributed by atoms with Crippen molar-refractivity contribution in [2.75, 3.05) is 0 Å². The van der Waals surface area contributed by atoms with Gasteiger partial charge < -0.3 is 9.64 Å². The Labute approximate surface area is 111 Å². The Balaban J connectivity index is 4.33. The SMILES string of the molecule is CCC(CCC(=O)N(C(C)C)C(C)C)OC(C)=O. The van der Waals surface area contributed by atoms with Crippen molar-refractivity contribution in [1.29, 1.82) is 0 Å². The van der Waals surface area contributed by atoms with Crippen LogP contribution in [0.15, 0.2) is 0 Å². The van der Waals surface area contributed by atoms with E-state index in [1.807, 2.05) is 39.5 Å². The molecule has 0 aliphatic carbocycles. The number of carbonyl (C=O) groups excluding carboxylic acids is 2. The molecular weight excluding hydrogens is 230 g/mol. The molecule has 4 nitrogen and oxygen atoms in total. The van der Waals surface area contributed by atoms with Crippen LogP contribution in [0.2, 0.25) is 0 Å². The third-order valence-corrected chi connectivity index (χ3v) is 2.87. The summed E-state index contributed by atoms with van der Waals surface area (Å²) in [7, 11) is 0. The molecule has 0 rings (SSSR count). The Bertz CT molecular complexity index is 266. The first kappa shape index (κ1) is 16.9. The van der Waals surface area contributed by atoms with Crippen LogP contribution in [0.5, 0.6) is 0 Å². The Morgan fingerprint density at radius 2 is 1.61 bits per heavy atom. The molecule has 0 bridgehead atoms. The van der Waals surface area contributed by atoms with E-state index >= 15 is 0 Å². The Morgan fingerprint density at radius 1 is 1.11 bits per heavy atom. The van der Waals surface area contributed by atoms with Gasteiger partial charge in [-0.1, -0.05) is 6.92 Å². The van der Waals surface area contributed by atoms with Crippen molar-refractivity contribution in [2.45, 2.75) is 79.0 Å². The number of nitrogens with zero attached hydrogens (tertiary/aromatic N) is 1. The Hall–Kier alpha value is -1.06. The van der Waals surface area contributed by atoms with E-state index in [0.717, 1.165) is 6.42 Å². The lowest BCUT2D eigenvalue weighted by atomic mass is 10.1.